The highest BCUT2D eigenvalue weighted by Crippen LogP contribution is 2.57. The summed E-state index contributed by atoms with van der Waals surface area (Å²) in [6.07, 6.45) is 3.82. The number of anilines is 3. The molecule has 0 spiro atoms. The molecule has 14 rings (SSSR count). The summed E-state index contributed by atoms with van der Waals surface area (Å²) in [7, 11) is 0. The van der Waals surface area contributed by atoms with Gasteiger partial charge in [-0.1, -0.05) is 219 Å². The zero-order chi connectivity index (χ0) is 50.9. The van der Waals surface area contributed by atoms with Gasteiger partial charge in [-0.25, -0.2) is 0 Å². The second kappa shape index (κ2) is 18.0. The minimum atomic E-state index is -0.577. The lowest BCUT2D eigenvalue weighted by atomic mass is 9.67. The highest BCUT2D eigenvalue weighted by Gasteiger charge is 2.46. The van der Waals surface area contributed by atoms with Crippen LogP contribution < -0.4 is 4.90 Å². The Hall–Kier alpha value is -9.76. The predicted octanol–water partition coefficient (Wildman–Crippen LogP) is 19.9. The predicted molar refractivity (Wildman–Crippen MR) is 324 cm³/mol. The van der Waals surface area contributed by atoms with Gasteiger partial charge in [0.15, 0.2) is 0 Å². The Morgan fingerprint density at radius 3 is 1.57 bits per heavy atom. The quantitative estimate of drug-likeness (QED) is 0.124. The van der Waals surface area contributed by atoms with E-state index in [2.05, 4.69) is 290 Å². The van der Waals surface area contributed by atoms with E-state index in [-0.39, 0.29) is 0 Å². The van der Waals surface area contributed by atoms with Gasteiger partial charge in [0.1, 0.15) is 0 Å². The lowest BCUT2D eigenvalue weighted by molar-refractivity contribution is 0.768. The van der Waals surface area contributed by atoms with Crippen LogP contribution in [0, 0.1) is 6.92 Å². The highest BCUT2D eigenvalue weighted by atomic mass is 15.1. The van der Waals surface area contributed by atoms with Gasteiger partial charge in [-0.3, -0.25) is 0 Å². The molecule has 0 N–H and O–H groups in total. The minimum Gasteiger partial charge on any atom is -0.310 e. The van der Waals surface area contributed by atoms with E-state index >= 15 is 0 Å². The number of benzene rings is 12. The first-order chi connectivity index (χ1) is 37.5. The molecular weight excluding hydrogens is 917 g/mol. The Bertz CT molecular complexity index is 4410. The molecular formula is C74H52N2. The second-order valence-corrected chi connectivity index (χ2v) is 20.3. The molecule has 1 heterocycles. The first kappa shape index (κ1) is 44.9. The minimum absolute atomic E-state index is 0.577. The molecule has 0 radical (unpaired) electrons. The average molecular weight is 969 g/mol. The van der Waals surface area contributed by atoms with Crippen LogP contribution in [0.3, 0.4) is 0 Å². The van der Waals surface area contributed by atoms with E-state index in [1.54, 1.807) is 0 Å². The Balaban J connectivity index is 0.942. The number of fused-ring (bicyclic) bond motifs is 9. The van der Waals surface area contributed by atoms with E-state index in [0.29, 0.717) is 0 Å². The van der Waals surface area contributed by atoms with E-state index in [9.17, 15) is 0 Å². The maximum absolute atomic E-state index is 4.10. The molecule has 0 aliphatic heterocycles. The monoisotopic (exact) mass is 968 g/mol. The van der Waals surface area contributed by atoms with Crippen LogP contribution in [0.15, 0.2) is 274 Å². The molecule has 0 saturated heterocycles. The number of aryl methyl sites for hydroxylation is 1. The number of rotatable bonds is 10. The summed E-state index contributed by atoms with van der Waals surface area (Å²) in [6.45, 7) is 10.2. The number of aromatic nitrogens is 1. The van der Waals surface area contributed by atoms with Gasteiger partial charge in [0.25, 0.3) is 0 Å². The molecule has 0 bridgehead atoms. The van der Waals surface area contributed by atoms with Gasteiger partial charge in [-0.05, 0) is 168 Å². The Labute approximate surface area is 444 Å². The van der Waals surface area contributed by atoms with Crippen molar-refractivity contribution in [2.45, 2.75) is 12.3 Å². The Morgan fingerprint density at radius 1 is 0.368 bits per heavy atom. The van der Waals surface area contributed by atoms with Crippen LogP contribution in [-0.4, -0.2) is 4.57 Å². The molecule has 1 aliphatic carbocycles. The summed E-state index contributed by atoms with van der Waals surface area (Å²) in [4.78, 5) is 2.45. The molecule has 1 unspecified atom stereocenters. The zero-order valence-electron chi connectivity index (χ0n) is 42.3. The third-order valence-electron chi connectivity index (χ3n) is 16.1. The standard InChI is InChI=1S/C74H52N2/c1-4-50-21-25-52(26-22-50)55-31-43-72-68(46-55)69-47-56(32-44-73(69)76(72)60-14-7-6-8-15-60)53-29-37-61(38-30-53)75(62-39-41-65-57(45-62)28-27-54-13-9-10-16-64(54)65)63-40-42-67-66-17-11-12-18-70(66)74(71(67)48-63,58-33-19-49(3)20-34-58)59-35-23-51(5-2)24-36-59/h4-48H,1-2H2,3H3. The molecule has 2 nitrogen and oxygen atoms in total. The average Bonchev–Trinajstić information content (AvgIpc) is 4.19. The fraction of sp³-hybridized carbons (Fsp3) is 0.0270. The topological polar surface area (TPSA) is 8.17 Å². The fourth-order valence-corrected chi connectivity index (χ4v) is 12.3. The molecule has 358 valence electrons. The van der Waals surface area contributed by atoms with Crippen LogP contribution in [0.4, 0.5) is 17.1 Å². The van der Waals surface area contributed by atoms with Crippen molar-refractivity contribution in [3.63, 3.8) is 0 Å². The van der Waals surface area contributed by atoms with E-state index < -0.39 is 5.41 Å². The lowest BCUT2D eigenvalue weighted by Crippen LogP contribution is -2.29. The van der Waals surface area contributed by atoms with E-state index in [1.807, 2.05) is 12.2 Å². The van der Waals surface area contributed by atoms with Crippen molar-refractivity contribution in [3.8, 4) is 39.1 Å². The van der Waals surface area contributed by atoms with Crippen LogP contribution in [0.25, 0.3) is 94.6 Å². The molecule has 1 aromatic heterocycles. The van der Waals surface area contributed by atoms with Gasteiger partial charge in [0.05, 0.1) is 16.4 Å². The molecule has 76 heavy (non-hydrogen) atoms. The lowest BCUT2D eigenvalue weighted by Gasteiger charge is -2.35. The van der Waals surface area contributed by atoms with Crippen LogP contribution >= 0.6 is 0 Å². The Kier molecular flexibility index (Phi) is 10.6. The molecule has 1 atom stereocenters. The van der Waals surface area contributed by atoms with Crippen molar-refractivity contribution in [2.24, 2.45) is 0 Å². The van der Waals surface area contributed by atoms with Gasteiger partial charge in [-0.2, -0.15) is 0 Å². The van der Waals surface area contributed by atoms with Gasteiger partial charge in [0, 0.05) is 33.5 Å². The summed E-state index contributed by atoms with van der Waals surface area (Å²) in [5.41, 5.74) is 21.8. The molecule has 0 saturated carbocycles. The second-order valence-electron chi connectivity index (χ2n) is 20.3. The molecule has 0 fully saturated rings. The summed E-state index contributed by atoms with van der Waals surface area (Å²) < 4.78 is 2.39. The SMILES string of the molecule is C=Cc1ccc(-c2ccc3c(c2)c2cc(-c4ccc(N(c5ccc6c(c5)C(c5ccc(C)cc5)(c5ccc(C=C)cc5)c5ccccc5-6)c5ccc6c(ccc7ccccc76)c5)cc4)ccc2n3-c2ccccc2)cc1. The summed E-state index contributed by atoms with van der Waals surface area (Å²) in [6, 6.07) is 96.8. The van der Waals surface area contributed by atoms with Gasteiger partial charge >= 0.3 is 0 Å². The van der Waals surface area contributed by atoms with Gasteiger partial charge in [0.2, 0.25) is 0 Å². The maximum Gasteiger partial charge on any atom is 0.0714 e. The van der Waals surface area contributed by atoms with Crippen LogP contribution in [0.5, 0.6) is 0 Å². The van der Waals surface area contributed by atoms with Crippen LogP contribution in [0.1, 0.15) is 38.9 Å². The smallest absolute Gasteiger partial charge is 0.0714 e. The summed E-state index contributed by atoms with van der Waals surface area (Å²) >= 11 is 0. The zero-order valence-corrected chi connectivity index (χ0v) is 42.3. The normalized spacial score (nSPS) is 13.8. The van der Waals surface area contributed by atoms with Crippen molar-refractivity contribution in [1.82, 2.24) is 4.57 Å². The fourth-order valence-electron chi connectivity index (χ4n) is 12.3. The Morgan fingerprint density at radius 2 is 0.882 bits per heavy atom. The third kappa shape index (κ3) is 7.17. The van der Waals surface area contributed by atoms with Gasteiger partial charge in [-0.15, -0.1) is 0 Å². The third-order valence-corrected chi connectivity index (χ3v) is 16.1. The number of hydrogen-bond acceptors (Lipinski definition) is 1. The van der Waals surface area contributed by atoms with Crippen LogP contribution in [0.2, 0.25) is 0 Å². The first-order valence-corrected chi connectivity index (χ1v) is 26.2. The maximum atomic E-state index is 4.10. The summed E-state index contributed by atoms with van der Waals surface area (Å²) in [5, 5.41) is 7.36. The largest absolute Gasteiger partial charge is 0.310 e. The number of nitrogens with zero attached hydrogens (tertiary/aromatic N) is 2. The van der Waals surface area contributed by atoms with Crippen molar-refractivity contribution in [1.29, 1.82) is 0 Å². The number of hydrogen-bond donors (Lipinski definition) is 0. The number of para-hydroxylation sites is 1. The van der Waals surface area contributed by atoms with E-state index in [0.717, 1.165) is 45.0 Å². The summed E-state index contributed by atoms with van der Waals surface area (Å²) in [5.74, 6) is 0. The molecule has 0 amide bonds. The van der Waals surface area contributed by atoms with E-state index in [4.69, 9.17) is 0 Å². The van der Waals surface area contributed by atoms with Crippen molar-refractivity contribution in [2.75, 3.05) is 4.90 Å². The van der Waals surface area contributed by atoms with Crippen molar-refractivity contribution < 1.29 is 0 Å². The molecule has 1 aliphatic rings. The molecule has 12 aromatic carbocycles. The van der Waals surface area contributed by atoms with E-state index in [1.165, 1.54) is 93.4 Å². The highest BCUT2D eigenvalue weighted by molar-refractivity contribution is 6.12. The van der Waals surface area contributed by atoms with Gasteiger partial charge < -0.3 is 9.47 Å². The van der Waals surface area contributed by atoms with Crippen molar-refractivity contribution >= 4 is 72.6 Å². The van der Waals surface area contributed by atoms with Crippen molar-refractivity contribution in [3.05, 3.63) is 313 Å². The molecule has 2 heteroatoms. The van der Waals surface area contributed by atoms with Crippen LogP contribution in [-0.2, 0) is 5.41 Å². The first-order valence-electron chi connectivity index (χ1n) is 26.2. The molecule has 13 aromatic rings.